The monoisotopic (exact) mass is 355 g/mol. The lowest BCUT2D eigenvalue weighted by molar-refractivity contribution is 0.0398. The standard InChI is InChI=1S/C19H25N5O2/c1-2-24(16-6-4-3-5-7-16)19(25)17-14-18(22-15-21-17)20-8-9-23-10-12-26-13-11-23/h3-7,14-15H,2,8-13H2,1H3,(H,20,21,22). The van der Waals surface area contributed by atoms with Gasteiger partial charge in [-0.15, -0.1) is 0 Å². The SMILES string of the molecule is CCN(C(=O)c1cc(NCCN2CCOCC2)ncn1)c1ccccc1. The molecule has 3 rings (SSSR count). The topological polar surface area (TPSA) is 70.6 Å². The molecule has 1 amide bonds. The minimum absolute atomic E-state index is 0.127. The summed E-state index contributed by atoms with van der Waals surface area (Å²) in [6.07, 6.45) is 1.43. The van der Waals surface area contributed by atoms with E-state index in [0.29, 0.717) is 18.1 Å². The molecule has 0 atom stereocenters. The lowest BCUT2D eigenvalue weighted by Gasteiger charge is -2.26. The number of para-hydroxylation sites is 1. The molecule has 7 heteroatoms. The summed E-state index contributed by atoms with van der Waals surface area (Å²) < 4.78 is 5.35. The van der Waals surface area contributed by atoms with E-state index in [-0.39, 0.29) is 5.91 Å². The van der Waals surface area contributed by atoms with Gasteiger partial charge in [-0.2, -0.15) is 0 Å². The number of anilines is 2. The summed E-state index contributed by atoms with van der Waals surface area (Å²) in [5.74, 6) is 0.540. The summed E-state index contributed by atoms with van der Waals surface area (Å²) in [6, 6.07) is 11.3. The molecule has 0 saturated carbocycles. The van der Waals surface area contributed by atoms with Gasteiger partial charge in [-0.1, -0.05) is 18.2 Å². The van der Waals surface area contributed by atoms with Crippen molar-refractivity contribution in [2.45, 2.75) is 6.92 Å². The van der Waals surface area contributed by atoms with Crippen LogP contribution in [0.25, 0.3) is 0 Å². The summed E-state index contributed by atoms with van der Waals surface area (Å²) in [5, 5.41) is 3.28. The van der Waals surface area contributed by atoms with Crippen LogP contribution in [-0.2, 0) is 4.74 Å². The van der Waals surface area contributed by atoms with Crippen LogP contribution in [0.1, 0.15) is 17.4 Å². The van der Waals surface area contributed by atoms with Crippen molar-refractivity contribution in [3.8, 4) is 0 Å². The van der Waals surface area contributed by atoms with Crippen molar-refractivity contribution < 1.29 is 9.53 Å². The minimum Gasteiger partial charge on any atom is -0.379 e. The minimum atomic E-state index is -0.127. The van der Waals surface area contributed by atoms with E-state index in [4.69, 9.17) is 4.74 Å². The van der Waals surface area contributed by atoms with Gasteiger partial charge >= 0.3 is 0 Å². The van der Waals surface area contributed by atoms with Gasteiger partial charge in [0.15, 0.2) is 0 Å². The zero-order valence-corrected chi connectivity index (χ0v) is 15.1. The molecule has 138 valence electrons. The van der Waals surface area contributed by atoms with Crippen molar-refractivity contribution in [2.24, 2.45) is 0 Å². The predicted octanol–water partition coefficient (Wildman–Crippen LogP) is 1.89. The van der Waals surface area contributed by atoms with Gasteiger partial charge < -0.3 is 15.0 Å². The molecule has 1 aliphatic rings. The Morgan fingerprint density at radius 1 is 1.23 bits per heavy atom. The maximum absolute atomic E-state index is 12.8. The molecular weight excluding hydrogens is 330 g/mol. The molecule has 2 aromatic rings. The Kier molecular flexibility index (Phi) is 6.51. The second kappa shape index (κ2) is 9.26. The van der Waals surface area contributed by atoms with E-state index in [2.05, 4.69) is 20.2 Å². The molecule has 0 aliphatic carbocycles. The van der Waals surface area contributed by atoms with E-state index in [1.807, 2.05) is 37.3 Å². The van der Waals surface area contributed by atoms with E-state index >= 15 is 0 Å². The first-order valence-electron chi connectivity index (χ1n) is 9.01. The summed E-state index contributed by atoms with van der Waals surface area (Å²) >= 11 is 0. The molecule has 1 aromatic heterocycles. The Morgan fingerprint density at radius 2 is 2.00 bits per heavy atom. The Labute approximate surface area is 154 Å². The van der Waals surface area contributed by atoms with Crippen molar-refractivity contribution in [2.75, 3.05) is 56.2 Å². The maximum Gasteiger partial charge on any atom is 0.277 e. The number of aromatic nitrogens is 2. The van der Waals surface area contributed by atoms with Gasteiger partial charge in [0.1, 0.15) is 17.8 Å². The number of benzene rings is 1. The highest BCUT2D eigenvalue weighted by Crippen LogP contribution is 2.16. The van der Waals surface area contributed by atoms with Gasteiger partial charge in [0, 0.05) is 44.5 Å². The van der Waals surface area contributed by atoms with Crippen molar-refractivity contribution in [1.29, 1.82) is 0 Å². The zero-order chi connectivity index (χ0) is 18.2. The number of morpholine rings is 1. The Morgan fingerprint density at radius 3 is 2.73 bits per heavy atom. The average Bonchev–Trinajstić information content (AvgIpc) is 2.70. The quantitative estimate of drug-likeness (QED) is 0.818. The van der Waals surface area contributed by atoms with Crippen LogP contribution in [0.2, 0.25) is 0 Å². The lowest BCUT2D eigenvalue weighted by Crippen LogP contribution is -2.39. The second-order valence-electron chi connectivity index (χ2n) is 6.05. The van der Waals surface area contributed by atoms with E-state index in [1.165, 1.54) is 6.33 Å². The summed E-state index contributed by atoms with van der Waals surface area (Å²) in [6.45, 7) is 7.70. The lowest BCUT2D eigenvalue weighted by atomic mass is 10.2. The van der Waals surface area contributed by atoms with E-state index < -0.39 is 0 Å². The first-order valence-corrected chi connectivity index (χ1v) is 9.01. The number of carbonyl (C=O) groups excluding carboxylic acids is 1. The fourth-order valence-corrected chi connectivity index (χ4v) is 2.93. The van der Waals surface area contributed by atoms with Crippen LogP contribution in [0.5, 0.6) is 0 Å². The van der Waals surface area contributed by atoms with Gasteiger partial charge in [-0.05, 0) is 19.1 Å². The van der Waals surface area contributed by atoms with E-state index in [0.717, 1.165) is 45.1 Å². The first-order chi connectivity index (χ1) is 12.8. The molecule has 1 aliphatic heterocycles. The Balaban J connectivity index is 1.61. The fraction of sp³-hybridized carbons (Fsp3) is 0.421. The molecule has 0 bridgehead atoms. The number of carbonyl (C=O) groups is 1. The summed E-state index contributed by atoms with van der Waals surface area (Å²) in [4.78, 5) is 25.3. The predicted molar refractivity (Wildman–Crippen MR) is 102 cm³/mol. The first kappa shape index (κ1) is 18.3. The molecule has 0 radical (unpaired) electrons. The molecule has 0 spiro atoms. The maximum atomic E-state index is 12.8. The molecular formula is C19H25N5O2. The molecule has 1 N–H and O–H groups in total. The highest BCUT2D eigenvalue weighted by molar-refractivity contribution is 6.05. The van der Waals surface area contributed by atoms with E-state index in [1.54, 1.807) is 11.0 Å². The molecule has 1 aromatic carbocycles. The molecule has 1 saturated heterocycles. The van der Waals surface area contributed by atoms with Crippen LogP contribution in [0.4, 0.5) is 11.5 Å². The van der Waals surface area contributed by atoms with Crippen LogP contribution in [0.15, 0.2) is 42.7 Å². The van der Waals surface area contributed by atoms with Gasteiger partial charge in [0.25, 0.3) is 5.91 Å². The highest BCUT2D eigenvalue weighted by Gasteiger charge is 2.18. The number of hydrogen-bond acceptors (Lipinski definition) is 6. The number of ether oxygens (including phenoxy) is 1. The molecule has 1 fully saturated rings. The molecule has 7 nitrogen and oxygen atoms in total. The number of hydrogen-bond donors (Lipinski definition) is 1. The van der Waals surface area contributed by atoms with Crippen molar-refractivity contribution in [3.63, 3.8) is 0 Å². The third kappa shape index (κ3) is 4.77. The summed E-state index contributed by atoms with van der Waals surface area (Å²) in [5.41, 5.74) is 1.25. The van der Waals surface area contributed by atoms with Gasteiger partial charge in [-0.3, -0.25) is 9.69 Å². The van der Waals surface area contributed by atoms with Crippen LogP contribution in [0, 0.1) is 0 Å². The number of nitrogens with one attached hydrogen (secondary N) is 1. The zero-order valence-electron chi connectivity index (χ0n) is 15.1. The summed E-state index contributed by atoms with van der Waals surface area (Å²) in [7, 11) is 0. The number of rotatable bonds is 7. The van der Waals surface area contributed by atoms with Crippen LogP contribution >= 0.6 is 0 Å². The van der Waals surface area contributed by atoms with Crippen molar-refractivity contribution in [1.82, 2.24) is 14.9 Å². The van der Waals surface area contributed by atoms with Crippen LogP contribution in [-0.4, -0.2) is 66.7 Å². The molecule has 0 unspecified atom stereocenters. The Bertz CT molecular complexity index is 704. The van der Waals surface area contributed by atoms with Crippen molar-refractivity contribution >= 4 is 17.4 Å². The van der Waals surface area contributed by atoms with Crippen LogP contribution in [0.3, 0.4) is 0 Å². The van der Waals surface area contributed by atoms with Crippen LogP contribution < -0.4 is 10.2 Å². The molecule has 26 heavy (non-hydrogen) atoms. The molecule has 2 heterocycles. The third-order valence-corrected chi connectivity index (χ3v) is 4.35. The highest BCUT2D eigenvalue weighted by atomic mass is 16.5. The smallest absolute Gasteiger partial charge is 0.277 e. The average molecular weight is 355 g/mol. The van der Waals surface area contributed by atoms with Gasteiger partial charge in [0.05, 0.1) is 13.2 Å². The number of amides is 1. The van der Waals surface area contributed by atoms with Gasteiger partial charge in [-0.25, -0.2) is 9.97 Å². The van der Waals surface area contributed by atoms with E-state index in [9.17, 15) is 4.79 Å². The van der Waals surface area contributed by atoms with Gasteiger partial charge in [0.2, 0.25) is 0 Å². The normalized spacial score (nSPS) is 14.8. The third-order valence-electron chi connectivity index (χ3n) is 4.35. The second-order valence-corrected chi connectivity index (χ2v) is 6.05. The fourth-order valence-electron chi connectivity index (χ4n) is 2.93. The Hall–Kier alpha value is -2.51. The number of nitrogens with zero attached hydrogens (tertiary/aromatic N) is 4. The largest absolute Gasteiger partial charge is 0.379 e. The van der Waals surface area contributed by atoms with Crippen molar-refractivity contribution in [3.05, 3.63) is 48.4 Å².